The van der Waals surface area contributed by atoms with Gasteiger partial charge in [0.05, 0.1) is 0 Å². The van der Waals surface area contributed by atoms with Gasteiger partial charge in [0.25, 0.3) is 0 Å². The molecule has 0 saturated carbocycles. The van der Waals surface area contributed by atoms with Gasteiger partial charge in [-0.15, -0.1) is 0 Å². The molecule has 2 heteroatoms. The summed E-state index contributed by atoms with van der Waals surface area (Å²) in [5.74, 6) is 0.747. The van der Waals surface area contributed by atoms with Crippen LogP contribution in [0.2, 0.25) is 0 Å². The fourth-order valence-electron chi connectivity index (χ4n) is 1.94. The highest BCUT2D eigenvalue weighted by Gasteiger charge is 2.03. The number of benzene rings is 2. The number of nitrogens with two attached hydrogens (primary N) is 1. The third-order valence-corrected chi connectivity index (χ3v) is 2.61. The molecule has 0 unspecified atom stereocenters. The predicted molar refractivity (Wildman–Crippen MR) is 60.2 cm³/mol. The number of hydrogen-bond donors (Lipinski definition) is 2. The molecule has 0 aliphatic carbocycles. The third kappa shape index (κ3) is 0.852. The fourth-order valence-corrected chi connectivity index (χ4v) is 1.94. The van der Waals surface area contributed by atoms with E-state index >= 15 is 0 Å². The van der Waals surface area contributed by atoms with Gasteiger partial charge in [-0.25, -0.2) is 0 Å². The third-order valence-electron chi connectivity index (χ3n) is 2.61. The van der Waals surface area contributed by atoms with Crippen molar-refractivity contribution in [2.45, 2.75) is 0 Å². The van der Waals surface area contributed by atoms with Gasteiger partial charge in [-0.1, -0.05) is 36.4 Å². The van der Waals surface area contributed by atoms with Crippen molar-refractivity contribution in [1.82, 2.24) is 4.98 Å². The van der Waals surface area contributed by atoms with Gasteiger partial charge in [0.1, 0.15) is 5.82 Å². The second-order valence-corrected chi connectivity index (χ2v) is 3.45. The average molecular weight is 182 g/mol. The maximum Gasteiger partial charge on any atom is 0.109 e. The summed E-state index contributed by atoms with van der Waals surface area (Å²) >= 11 is 0. The molecule has 3 rings (SSSR count). The Labute approximate surface area is 81.3 Å². The summed E-state index contributed by atoms with van der Waals surface area (Å²) in [5, 5.41) is 4.74. The smallest absolute Gasteiger partial charge is 0.109 e. The topological polar surface area (TPSA) is 41.8 Å². The molecule has 0 amide bonds. The van der Waals surface area contributed by atoms with Crippen LogP contribution in [0.3, 0.4) is 0 Å². The highest BCUT2D eigenvalue weighted by atomic mass is 14.8. The SMILES string of the molecule is Nc1[nH]cc2ccc3ccccc3c12. The Morgan fingerprint density at radius 3 is 2.64 bits per heavy atom. The molecule has 68 valence electrons. The molecule has 0 fully saturated rings. The number of hydrogen-bond acceptors (Lipinski definition) is 1. The standard InChI is InChI=1S/C12H10N2/c13-12-11-9(7-14-12)6-5-8-3-1-2-4-10(8)11/h1-7,14H,13H2. The number of nitrogen functional groups attached to an aromatic ring is 1. The quantitative estimate of drug-likeness (QED) is 0.551. The van der Waals surface area contributed by atoms with Gasteiger partial charge in [-0.2, -0.15) is 0 Å². The van der Waals surface area contributed by atoms with Crippen LogP contribution in [0.4, 0.5) is 5.82 Å². The Bertz CT molecular complexity index is 608. The van der Waals surface area contributed by atoms with E-state index in [9.17, 15) is 0 Å². The molecule has 0 saturated heterocycles. The molecule has 3 aromatic rings. The number of aromatic nitrogens is 1. The summed E-state index contributed by atoms with van der Waals surface area (Å²) in [6.45, 7) is 0. The molecule has 3 N–H and O–H groups in total. The second-order valence-electron chi connectivity index (χ2n) is 3.45. The maximum atomic E-state index is 5.89. The van der Waals surface area contributed by atoms with Gasteiger partial charge >= 0.3 is 0 Å². The molecule has 1 aromatic heterocycles. The maximum absolute atomic E-state index is 5.89. The lowest BCUT2D eigenvalue weighted by Gasteiger charge is -1.99. The molecule has 0 aliphatic heterocycles. The Kier molecular flexibility index (Phi) is 1.34. The summed E-state index contributed by atoms with van der Waals surface area (Å²) in [5.41, 5.74) is 5.89. The normalized spacial score (nSPS) is 11.1. The molecule has 1 heterocycles. The van der Waals surface area contributed by atoms with E-state index in [1.807, 2.05) is 18.3 Å². The Morgan fingerprint density at radius 2 is 1.71 bits per heavy atom. The number of fused-ring (bicyclic) bond motifs is 3. The van der Waals surface area contributed by atoms with E-state index in [0.29, 0.717) is 0 Å². The molecule has 2 nitrogen and oxygen atoms in total. The first-order valence-electron chi connectivity index (χ1n) is 4.60. The van der Waals surface area contributed by atoms with E-state index in [1.165, 1.54) is 16.2 Å². The zero-order valence-corrected chi connectivity index (χ0v) is 7.62. The molecular formula is C12H10N2. The Morgan fingerprint density at radius 1 is 0.929 bits per heavy atom. The molecule has 0 bridgehead atoms. The van der Waals surface area contributed by atoms with E-state index in [1.54, 1.807) is 0 Å². The van der Waals surface area contributed by atoms with E-state index < -0.39 is 0 Å². The van der Waals surface area contributed by atoms with Crippen molar-refractivity contribution in [2.75, 3.05) is 5.73 Å². The summed E-state index contributed by atoms with van der Waals surface area (Å²) in [6.07, 6.45) is 1.94. The van der Waals surface area contributed by atoms with E-state index in [0.717, 1.165) is 11.2 Å². The molecule has 0 spiro atoms. The minimum atomic E-state index is 0.747. The summed E-state index contributed by atoms with van der Waals surface area (Å²) < 4.78 is 0. The minimum absolute atomic E-state index is 0.747. The monoisotopic (exact) mass is 182 g/mol. The van der Waals surface area contributed by atoms with Crippen LogP contribution in [0.25, 0.3) is 21.5 Å². The van der Waals surface area contributed by atoms with Crippen LogP contribution >= 0.6 is 0 Å². The summed E-state index contributed by atoms with van der Waals surface area (Å²) in [7, 11) is 0. The van der Waals surface area contributed by atoms with Crippen LogP contribution in [-0.4, -0.2) is 4.98 Å². The fraction of sp³-hybridized carbons (Fsp3) is 0. The van der Waals surface area contributed by atoms with Gasteiger partial charge in [-0.05, 0) is 10.8 Å². The first-order valence-corrected chi connectivity index (χ1v) is 4.60. The van der Waals surface area contributed by atoms with Crippen LogP contribution < -0.4 is 5.73 Å². The molecule has 0 atom stereocenters. The minimum Gasteiger partial charge on any atom is -0.385 e. The Balaban J connectivity index is 2.65. The first kappa shape index (κ1) is 7.44. The molecular weight excluding hydrogens is 172 g/mol. The highest BCUT2D eigenvalue weighted by molar-refractivity contribution is 6.12. The van der Waals surface area contributed by atoms with Crippen LogP contribution in [0.5, 0.6) is 0 Å². The number of anilines is 1. The summed E-state index contributed by atoms with van der Waals surface area (Å²) in [6, 6.07) is 12.5. The molecule has 14 heavy (non-hydrogen) atoms. The lowest BCUT2D eigenvalue weighted by atomic mass is 10.1. The van der Waals surface area contributed by atoms with Gasteiger partial charge in [0.2, 0.25) is 0 Å². The number of rotatable bonds is 0. The largest absolute Gasteiger partial charge is 0.385 e. The first-order chi connectivity index (χ1) is 6.86. The van der Waals surface area contributed by atoms with Gasteiger partial charge in [0, 0.05) is 17.0 Å². The van der Waals surface area contributed by atoms with E-state index in [-0.39, 0.29) is 0 Å². The van der Waals surface area contributed by atoms with Gasteiger partial charge in [0.15, 0.2) is 0 Å². The van der Waals surface area contributed by atoms with Crippen molar-refractivity contribution in [3.63, 3.8) is 0 Å². The predicted octanol–water partition coefficient (Wildman–Crippen LogP) is 2.90. The zero-order chi connectivity index (χ0) is 9.54. The molecule has 0 radical (unpaired) electrons. The lowest BCUT2D eigenvalue weighted by Crippen LogP contribution is -1.84. The van der Waals surface area contributed by atoms with Crippen molar-refractivity contribution in [3.05, 3.63) is 42.6 Å². The number of H-pyrrole nitrogens is 1. The van der Waals surface area contributed by atoms with Crippen molar-refractivity contribution < 1.29 is 0 Å². The second kappa shape index (κ2) is 2.51. The van der Waals surface area contributed by atoms with Crippen molar-refractivity contribution in [3.8, 4) is 0 Å². The van der Waals surface area contributed by atoms with Gasteiger partial charge in [-0.3, -0.25) is 0 Å². The molecule has 2 aromatic carbocycles. The lowest BCUT2D eigenvalue weighted by molar-refractivity contribution is 1.43. The average Bonchev–Trinajstić information content (AvgIpc) is 2.61. The van der Waals surface area contributed by atoms with E-state index in [2.05, 4.69) is 29.2 Å². The van der Waals surface area contributed by atoms with Crippen molar-refractivity contribution in [1.29, 1.82) is 0 Å². The van der Waals surface area contributed by atoms with Gasteiger partial charge < -0.3 is 10.7 Å². The summed E-state index contributed by atoms with van der Waals surface area (Å²) in [4.78, 5) is 3.05. The Hall–Kier alpha value is -1.96. The zero-order valence-electron chi connectivity index (χ0n) is 7.62. The van der Waals surface area contributed by atoms with Crippen LogP contribution in [0.15, 0.2) is 42.6 Å². The highest BCUT2D eigenvalue weighted by Crippen LogP contribution is 2.28. The number of aromatic amines is 1. The van der Waals surface area contributed by atoms with Crippen LogP contribution in [0.1, 0.15) is 0 Å². The number of nitrogens with one attached hydrogen (secondary N) is 1. The van der Waals surface area contributed by atoms with Crippen LogP contribution in [-0.2, 0) is 0 Å². The van der Waals surface area contributed by atoms with E-state index in [4.69, 9.17) is 5.73 Å². The van der Waals surface area contributed by atoms with Crippen molar-refractivity contribution >= 4 is 27.4 Å². The molecule has 0 aliphatic rings. The van der Waals surface area contributed by atoms with Crippen molar-refractivity contribution in [2.24, 2.45) is 0 Å². The van der Waals surface area contributed by atoms with Crippen LogP contribution in [0, 0.1) is 0 Å².